The molecule has 0 bridgehead atoms. The lowest BCUT2D eigenvalue weighted by Gasteiger charge is -2.00. The lowest BCUT2D eigenvalue weighted by molar-refractivity contribution is -0.124. The van der Waals surface area contributed by atoms with E-state index in [1.807, 2.05) is 0 Å². The van der Waals surface area contributed by atoms with Gasteiger partial charge in [-0.15, -0.1) is 0 Å². The molecule has 0 fully saturated rings. The van der Waals surface area contributed by atoms with Crippen molar-refractivity contribution in [3.8, 4) is 0 Å². The summed E-state index contributed by atoms with van der Waals surface area (Å²) < 4.78 is 36.2. The van der Waals surface area contributed by atoms with Crippen LogP contribution in [-0.2, 0) is 0 Å². The Morgan fingerprint density at radius 1 is 1.14 bits per heavy atom. The molecule has 0 aliphatic carbocycles. The molecule has 0 heterocycles. The molecule has 0 radical (unpaired) electrons. The Morgan fingerprint density at radius 3 is 2.21 bits per heavy atom. The molecule has 0 spiro atoms. The van der Waals surface area contributed by atoms with E-state index in [9.17, 15) is 13.2 Å². The average molecular weight is 265 g/mol. The number of halogens is 4. The van der Waals surface area contributed by atoms with Crippen molar-refractivity contribution in [2.24, 2.45) is 0 Å². The maximum atomic E-state index is 11.8. The molecule has 76 valence electrons. The topological polar surface area (TPSA) is 0 Å². The highest BCUT2D eigenvalue weighted by atomic mass is 79.9. The fourth-order valence-electron chi connectivity index (χ4n) is 0.903. The molecule has 0 aliphatic heterocycles. The Kier molecular flexibility index (Phi) is 3.75. The summed E-state index contributed by atoms with van der Waals surface area (Å²) in [7, 11) is 0. The number of allylic oxidation sites excluding steroid dienone is 1. The summed E-state index contributed by atoms with van der Waals surface area (Å²) in [5, 5.41) is 0. The van der Waals surface area contributed by atoms with Gasteiger partial charge in [0.1, 0.15) is 0 Å². The molecule has 0 unspecified atom stereocenters. The van der Waals surface area contributed by atoms with Crippen LogP contribution >= 0.6 is 15.9 Å². The number of alkyl halides is 3. The first kappa shape index (κ1) is 11.3. The first-order valence-corrected chi connectivity index (χ1v) is 4.75. The van der Waals surface area contributed by atoms with Crippen LogP contribution in [0.4, 0.5) is 13.2 Å². The van der Waals surface area contributed by atoms with Gasteiger partial charge in [-0.2, -0.15) is 13.2 Å². The average Bonchev–Trinajstić information content (AvgIpc) is 2.06. The second-order valence-corrected chi connectivity index (χ2v) is 3.69. The molecule has 0 atom stereocenters. The van der Waals surface area contributed by atoms with Crippen LogP contribution < -0.4 is 0 Å². The molecule has 0 saturated carbocycles. The van der Waals surface area contributed by atoms with E-state index in [0.29, 0.717) is 0 Å². The van der Waals surface area contributed by atoms with Crippen LogP contribution in [0.15, 0.2) is 34.8 Å². The number of hydrogen-bond acceptors (Lipinski definition) is 0. The molecular weight excluding hydrogens is 257 g/mol. The summed E-state index contributed by atoms with van der Waals surface area (Å²) in [4.78, 5) is 0. The lowest BCUT2D eigenvalue weighted by atomic mass is 10.2. The molecule has 1 aromatic rings. The molecule has 14 heavy (non-hydrogen) atoms. The van der Waals surface area contributed by atoms with Crippen molar-refractivity contribution in [3.05, 3.63) is 40.4 Å². The van der Waals surface area contributed by atoms with E-state index in [-0.39, 0.29) is 0 Å². The normalized spacial score (nSPS) is 12.3. The van der Waals surface area contributed by atoms with Gasteiger partial charge in [-0.25, -0.2) is 0 Å². The van der Waals surface area contributed by atoms with Crippen molar-refractivity contribution in [1.29, 1.82) is 0 Å². The predicted molar refractivity (Wildman–Crippen MR) is 53.8 cm³/mol. The molecule has 0 nitrogen and oxygen atoms in total. The highest BCUT2D eigenvalue weighted by molar-refractivity contribution is 9.10. The summed E-state index contributed by atoms with van der Waals surface area (Å²) in [6, 6.07) is 7.06. The Labute approximate surface area is 88.6 Å². The molecule has 1 rings (SSSR count). The summed E-state index contributed by atoms with van der Waals surface area (Å²) in [5.41, 5.74) is 0.762. The number of rotatable bonds is 2. The molecule has 0 aromatic heterocycles. The maximum absolute atomic E-state index is 11.8. The second kappa shape index (κ2) is 4.64. The zero-order valence-corrected chi connectivity index (χ0v) is 8.77. The van der Waals surface area contributed by atoms with E-state index in [1.54, 1.807) is 24.3 Å². The van der Waals surface area contributed by atoms with E-state index in [0.717, 1.165) is 16.1 Å². The zero-order valence-electron chi connectivity index (χ0n) is 7.18. The Hall–Kier alpha value is -0.770. The summed E-state index contributed by atoms with van der Waals surface area (Å²) in [5.74, 6) is 0. The molecule has 1 aromatic carbocycles. The van der Waals surface area contributed by atoms with Gasteiger partial charge in [0.15, 0.2) is 0 Å². The summed E-state index contributed by atoms with van der Waals surface area (Å²) in [6.07, 6.45) is -2.43. The van der Waals surface area contributed by atoms with E-state index in [1.165, 1.54) is 6.08 Å². The van der Waals surface area contributed by atoms with Crippen LogP contribution in [0.3, 0.4) is 0 Å². The van der Waals surface area contributed by atoms with E-state index in [4.69, 9.17) is 0 Å². The van der Waals surface area contributed by atoms with Gasteiger partial charge in [0.05, 0.1) is 6.42 Å². The molecule has 0 saturated heterocycles. The lowest BCUT2D eigenvalue weighted by Crippen LogP contribution is -2.03. The van der Waals surface area contributed by atoms with E-state index >= 15 is 0 Å². The zero-order chi connectivity index (χ0) is 10.6. The summed E-state index contributed by atoms with van der Waals surface area (Å²) >= 11 is 3.24. The van der Waals surface area contributed by atoms with Crippen LogP contribution in [0.25, 0.3) is 6.08 Å². The summed E-state index contributed by atoms with van der Waals surface area (Å²) in [6.45, 7) is 0. The van der Waals surface area contributed by atoms with Crippen molar-refractivity contribution in [2.45, 2.75) is 12.6 Å². The maximum Gasteiger partial charge on any atom is 0.392 e. The van der Waals surface area contributed by atoms with Gasteiger partial charge in [-0.1, -0.05) is 40.2 Å². The molecule has 4 heteroatoms. The largest absolute Gasteiger partial charge is 0.392 e. The Bertz CT molecular complexity index is 311. The van der Waals surface area contributed by atoms with Gasteiger partial charge in [0.25, 0.3) is 0 Å². The van der Waals surface area contributed by atoms with Crippen molar-refractivity contribution >= 4 is 22.0 Å². The predicted octanol–water partition coefficient (Wildman–Crippen LogP) is 4.41. The fraction of sp³-hybridized carbons (Fsp3) is 0.200. The molecule has 0 N–H and O–H groups in total. The van der Waals surface area contributed by atoms with Crippen LogP contribution in [-0.4, -0.2) is 6.18 Å². The monoisotopic (exact) mass is 264 g/mol. The highest BCUT2D eigenvalue weighted by Gasteiger charge is 2.24. The quantitative estimate of drug-likeness (QED) is 0.742. The minimum atomic E-state index is -4.12. The molecule has 0 aliphatic rings. The van der Waals surface area contributed by atoms with Crippen LogP contribution in [0.5, 0.6) is 0 Å². The van der Waals surface area contributed by atoms with Crippen molar-refractivity contribution in [1.82, 2.24) is 0 Å². The van der Waals surface area contributed by atoms with Crippen molar-refractivity contribution < 1.29 is 13.2 Å². The number of benzene rings is 1. The SMILES string of the molecule is FC(F)(F)CC=Cc1ccc(Br)cc1. The van der Waals surface area contributed by atoms with Gasteiger partial charge < -0.3 is 0 Å². The van der Waals surface area contributed by atoms with E-state index < -0.39 is 12.6 Å². The molecule has 0 amide bonds. The third kappa shape index (κ3) is 4.46. The van der Waals surface area contributed by atoms with Crippen molar-refractivity contribution in [3.63, 3.8) is 0 Å². The van der Waals surface area contributed by atoms with E-state index in [2.05, 4.69) is 15.9 Å². The minimum absolute atomic E-state index is 0.762. The third-order valence-corrected chi connectivity index (χ3v) is 2.06. The highest BCUT2D eigenvalue weighted by Crippen LogP contribution is 2.20. The smallest absolute Gasteiger partial charge is 0.171 e. The Balaban J connectivity index is 2.57. The second-order valence-electron chi connectivity index (χ2n) is 2.77. The van der Waals surface area contributed by atoms with Crippen LogP contribution in [0, 0.1) is 0 Å². The van der Waals surface area contributed by atoms with Gasteiger partial charge in [-0.05, 0) is 17.7 Å². The minimum Gasteiger partial charge on any atom is -0.171 e. The van der Waals surface area contributed by atoms with Crippen LogP contribution in [0.1, 0.15) is 12.0 Å². The first-order valence-electron chi connectivity index (χ1n) is 3.96. The number of hydrogen-bond donors (Lipinski definition) is 0. The van der Waals surface area contributed by atoms with Gasteiger partial charge in [-0.3, -0.25) is 0 Å². The standard InChI is InChI=1S/C10H8BrF3/c11-9-5-3-8(4-6-9)2-1-7-10(12,13)14/h1-6H,7H2. The Morgan fingerprint density at radius 2 is 1.71 bits per heavy atom. The van der Waals surface area contributed by atoms with Gasteiger partial charge in [0, 0.05) is 4.47 Å². The molecular formula is C10H8BrF3. The third-order valence-electron chi connectivity index (χ3n) is 1.53. The van der Waals surface area contributed by atoms with Gasteiger partial charge in [0.2, 0.25) is 0 Å². The van der Waals surface area contributed by atoms with Crippen molar-refractivity contribution in [2.75, 3.05) is 0 Å². The van der Waals surface area contributed by atoms with Gasteiger partial charge >= 0.3 is 6.18 Å². The first-order chi connectivity index (χ1) is 6.47. The fourth-order valence-corrected chi connectivity index (χ4v) is 1.17. The van der Waals surface area contributed by atoms with Crippen LogP contribution in [0.2, 0.25) is 0 Å².